The largest absolute Gasteiger partial charge is 1.00 e. The zero-order chi connectivity index (χ0) is 8.69. The first-order chi connectivity index (χ1) is 5.13. The zero-order valence-electron chi connectivity index (χ0n) is 7.87. The van der Waals surface area contributed by atoms with Crippen molar-refractivity contribution in [2.75, 3.05) is 11.5 Å². The van der Waals surface area contributed by atoms with E-state index in [1.165, 1.54) is 11.8 Å². The van der Waals surface area contributed by atoms with Gasteiger partial charge < -0.3 is 19.8 Å². The van der Waals surface area contributed by atoms with E-state index >= 15 is 0 Å². The molecule has 0 saturated heterocycles. The maximum atomic E-state index is 9.84. The molecule has 0 saturated carbocycles. The van der Waals surface area contributed by atoms with Crippen LogP contribution in [0.15, 0.2) is 0 Å². The second-order valence-electron chi connectivity index (χ2n) is 1.86. The topological polar surface area (TPSA) is 80.3 Å². The summed E-state index contributed by atoms with van der Waals surface area (Å²) in [7, 11) is 0. The van der Waals surface area contributed by atoms with Gasteiger partial charge in [0.15, 0.2) is 0 Å². The molecular weight excluding hydrogens is 182 g/mol. The number of thioether (sulfide) groups is 1. The van der Waals surface area contributed by atoms with Gasteiger partial charge in [-0.15, -0.1) is 0 Å². The summed E-state index contributed by atoms with van der Waals surface area (Å²) < 4.78 is 0. The molecule has 0 heterocycles. The molecule has 0 aromatic carbocycles. The Morgan fingerprint density at radius 3 is 1.46 bits per heavy atom. The van der Waals surface area contributed by atoms with Gasteiger partial charge in [0.25, 0.3) is 0 Å². The van der Waals surface area contributed by atoms with Crippen LogP contribution in [0, 0.1) is 0 Å². The molecule has 4 nitrogen and oxygen atoms in total. The molecule has 0 fully saturated rings. The second kappa shape index (κ2) is 12.5. The van der Waals surface area contributed by atoms with E-state index < -0.39 is 11.9 Å². The third-order valence-electron chi connectivity index (χ3n) is 0.901. The van der Waals surface area contributed by atoms with Crippen LogP contribution in [0.1, 0.15) is 12.8 Å². The fraction of sp³-hybridized carbons (Fsp3) is 0.667. The summed E-state index contributed by atoms with van der Waals surface area (Å²) in [6.07, 6.45) is -0.0601. The number of carbonyl (C=O) groups excluding carboxylic acids is 2. The van der Waals surface area contributed by atoms with E-state index in [4.69, 9.17) is 0 Å². The number of rotatable bonds is 6. The van der Waals surface area contributed by atoms with Crippen LogP contribution in [0.4, 0.5) is 0 Å². The van der Waals surface area contributed by atoms with E-state index in [0.717, 1.165) is 0 Å². The van der Waals surface area contributed by atoms with Crippen LogP contribution in [0.3, 0.4) is 0 Å². The summed E-state index contributed by atoms with van der Waals surface area (Å²) in [5.41, 5.74) is 0. The minimum absolute atomic E-state index is 0. The van der Waals surface area contributed by atoms with Gasteiger partial charge in [0.2, 0.25) is 0 Å². The molecule has 0 aliphatic rings. The van der Waals surface area contributed by atoms with Crippen molar-refractivity contribution in [3.63, 3.8) is 0 Å². The van der Waals surface area contributed by atoms with Gasteiger partial charge in [-0.2, -0.15) is 11.8 Å². The van der Waals surface area contributed by atoms with Crippen LogP contribution < -0.4 is 47.9 Å². The van der Waals surface area contributed by atoms with Crippen molar-refractivity contribution in [3.05, 3.63) is 0 Å². The molecule has 0 amide bonds. The van der Waals surface area contributed by atoms with Crippen LogP contribution in [0.2, 0.25) is 0 Å². The third-order valence-corrected chi connectivity index (χ3v) is 1.89. The molecule has 13 heavy (non-hydrogen) atoms. The fourth-order valence-electron chi connectivity index (χ4n) is 0.413. The van der Waals surface area contributed by atoms with Gasteiger partial charge in [-0.1, -0.05) is 0 Å². The maximum absolute atomic E-state index is 9.84. The Hall–Kier alpha value is 0.485. The Bertz CT molecular complexity index is 138. The van der Waals surface area contributed by atoms with Gasteiger partial charge in [0.1, 0.15) is 0 Å². The fourth-order valence-corrected chi connectivity index (χ4v) is 1.24. The SMILES string of the molecule is O=C([O-])CCSCCC(=O)[O-].[Li+].[Li+]. The molecular formula is C6H8Li2O4S. The molecule has 0 aromatic heterocycles. The van der Waals surface area contributed by atoms with Gasteiger partial charge in [-0.25, -0.2) is 0 Å². The van der Waals surface area contributed by atoms with E-state index in [9.17, 15) is 19.8 Å². The first kappa shape index (κ1) is 19.1. The third kappa shape index (κ3) is 19.1. The minimum Gasteiger partial charge on any atom is -0.550 e. The number of aliphatic carboxylic acids is 2. The van der Waals surface area contributed by atoms with E-state index in [-0.39, 0.29) is 50.6 Å². The van der Waals surface area contributed by atoms with Crippen LogP contribution in [0.25, 0.3) is 0 Å². The van der Waals surface area contributed by atoms with Gasteiger partial charge in [0.05, 0.1) is 0 Å². The summed E-state index contributed by atoms with van der Waals surface area (Å²) >= 11 is 1.27. The minimum atomic E-state index is -1.11. The second-order valence-corrected chi connectivity index (χ2v) is 3.08. The van der Waals surface area contributed by atoms with Crippen molar-refractivity contribution >= 4 is 23.7 Å². The Balaban J connectivity index is -0.000000500. The molecule has 0 bridgehead atoms. The maximum Gasteiger partial charge on any atom is 1.00 e. The number of carboxylic acid groups (broad SMARTS) is 2. The molecule has 0 aromatic rings. The summed E-state index contributed by atoms with van der Waals surface area (Å²) in [5.74, 6) is -1.41. The average Bonchev–Trinajstić information content (AvgIpc) is 1.85. The Morgan fingerprint density at radius 1 is 0.923 bits per heavy atom. The van der Waals surface area contributed by atoms with Crippen molar-refractivity contribution in [2.24, 2.45) is 0 Å². The normalized spacial score (nSPS) is 8.00. The summed E-state index contributed by atoms with van der Waals surface area (Å²) in [6, 6.07) is 0. The van der Waals surface area contributed by atoms with Crippen LogP contribution >= 0.6 is 11.8 Å². The molecule has 0 aliphatic carbocycles. The zero-order valence-corrected chi connectivity index (χ0v) is 8.69. The van der Waals surface area contributed by atoms with Crippen molar-refractivity contribution < 1.29 is 57.5 Å². The molecule has 0 radical (unpaired) electrons. The van der Waals surface area contributed by atoms with Gasteiger partial charge >= 0.3 is 37.7 Å². The first-order valence-corrected chi connectivity index (χ1v) is 4.26. The first-order valence-electron chi connectivity index (χ1n) is 3.10. The summed E-state index contributed by atoms with van der Waals surface area (Å²) in [6.45, 7) is 0. The van der Waals surface area contributed by atoms with Crippen molar-refractivity contribution in [2.45, 2.75) is 12.8 Å². The van der Waals surface area contributed by atoms with Gasteiger partial charge in [-0.05, 0) is 24.3 Å². The molecule has 0 N–H and O–H groups in total. The molecule has 64 valence electrons. The number of carboxylic acids is 2. The average molecular weight is 190 g/mol. The number of hydrogen-bond donors (Lipinski definition) is 0. The predicted molar refractivity (Wildman–Crippen MR) is 36.6 cm³/mol. The Morgan fingerprint density at radius 2 is 1.23 bits per heavy atom. The van der Waals surface area contributed by atoms with Gasteiger partial charge in [-0.3, -0.25) is 0 Å². The summed E-state index contributed by atoms with van der Waals surface area (Å²) in [4.78, 5) is 19.7. The molecule has 7 heteroatoms. The van der Waals surface area contributed by atoms with E-state index in [1.807, 2.05) is 0 Å². The monoisotopic (exact) mass is 190 g/mol. The number of hydrogen-bond acceptors (Lipinski definition) is 5. The van der Waals surface area contributed by atoms with Crippen molar-refractivity contribution in [3.8, 4) is 0 Å². The van der Waals surface area contributed by atoms with Crippen molar-refractivity contribution in [1.29, 1.82) is 0 Å². The standard InChI is InChI=1S/C6H10O4S.2Li/c7-5(8)1-3-11-4-2-6(9)10;;/h1-4H2,(H,7,8)(H,9,10);;/q;2*+1/p-2. The van der Waals surface area contributed by atoms with Crippen LogP contribution in [0.5, 0.6) is 0 Å². The van der Waals surface area contributed by atoms with Crippen LogP contribution in [-0.4, -0.2) is 23.4 Å². The smallest absolute Gasteiger partial charge is 0.550 e. The Labute approximate surface area is 105 Å². The molecule has 0 spiro atoms. The quantitative estimate of drug-likeness (QED) is 0.307. The molecule has 0 rings (SSSR count). The summed E-state index contributed by atoms with van der Waals surface area (Å²) in [5, 5.41) is 19.7. The van der Waals surface area contributed by atoms with Crippen LogP contribution in [-0.2, 0) is 9.59 Å². The molecule has 0 unspecified atom stereocenters. The number of carbonyl (C=O) groups is 2. The predicted octanol–water partition coefficient (Wildman–Crippen LogP) is -7.99. The van der Waals surface area contributed by atoms with E-state index in [1.54, 1.807) is 0 Å². The van der Waals surface area contributed by atoms with E-state index in [0.29, 0.717) is 11.5 Å². The van der Waals surface area contributed by atoms with Gasteiger partial charge in [0, 0.05) is 11.9 Å². The molecule has 0 aliphatic heterocycles. The van der Waals surface area contributed by atoms with E-state index in [2.05, 4.69) is 0 Å². The Kier molecular flexibility index (Phi) is 18.4. The molecule has 0 atom stereocenters. The van der Waals surface area contributed by atoms with Crippen molar-refractivity contribution in [1.82, 2.24) is 0 Å².